The van der Waals surface area contributed by atoms with E-state index in [1.165, 1.54) is 38.2 Å². The van der Waals surface area contributed by atoms with Crippen LogP contribution in [0, 0.1) is 19.7 Å². The van der Waals surface area contributed by atoms with Gasteiger partial charge in [0.05, 0.1) is 22.9 Å². The lowest BCUT2D eigenvalue weighted by Gasteiger charge is -2.08. The second kappa shape index (κ2) is 11.5. The van der Waals surface area contributed by atoms with Crippen molar-refractivity contribution in [2.75, 3.05) is 13.2 Å². The first-order valence-corrected chi connectivity index (χ1v) is 12.0. The average molecular weight is 482 g/mol. The molecule has 2 fully saturated rings. The van der Waals surface area contributed by atoms with Crippen LogP contribution >= 0.6 is 11.6 Å². The van der Waals surface area contributed by atoms with E-state index in [4.69, 9.17) is 16.3 Å². The standard InChI is InChI=1S/C15H11ClFN3.C6H8N2.C5H10O/c1-8-9(2)20-15-13(19-8)5-6-18-14(15)11-4-3-10(16)7-12(11)17;1-4-7-8(5-1)6-2-3-6;1-2-4-6-5-3-1/h3-7H,1-2H3;1,4-6H,2-3H2;1-5H2. The topological polar surface area (TPSA) is 65.7 Å². The fourth-order valence-corrected chi connectivity index (χ4v) is 3.71. The first kappa shape index (κ1) is 24.2. The van der Waals surface area contributed by atoms with E-state index >= 15 is 0 Å². The summed E-state index contributed by atoms with van der Waals surface area (Å²) < 4.78 is 21.2. The predicted octanol–water partition coefficient (Wildman–Crippen LogP) is 6.51. The van der Waals surface area contributed by atoms with Gasteiger partial charge in [-0.15, -0.1) is 0 Å². The molecule has 34 heavy (non-hydrogen) atoms. The van der Waals surface area contributed by atoms with Gasteiger partial charge in [-0.05, 0) is 76.3 Å². The third-order valence-electron chi connectivity index (χ3n) is 5.70. The van der Waals surface area contributed by atoms with Crippen LogP contribution in [0.3, 0.4) is 0 Å². The lowest BCUT2D eigenvalue weighted by Crippen LogP contribution is -2.03. The van der Waals surface area contributed by atoms with E-state index in [1.54, 1.807) is 24.4 Å². The number of benzene rings is 1. The molecule has 1 aliphatic carbocycles. The summed E-state index contributed by atoms with van der Waals surface area (Å²) in [6.45, 7) is 5.77. The number of fused-ring (bicyclic) bond motifs is 1. The lowest BCUT2D eigenvalue weighted by molar-refractivity contribution is 0.0968. The number of aromatic nitrogens is 5. The van der Waals surface area contributed by atoms with Crippen LogP contribution < -0.4 is 0 Å². The van der Waals surface area contributed by atoms with Crippen LogP contribution in [0.25, 0.3) is 22.3 Å². The van der Waals surface area contributed by atoms with Crippen molar-refractivity contribution in [2.24, 2.45) is 0 Å². The Kier molecular flexibility index (Phi) is 8.19. The fraction of sp³-hybridized carbons (Fsp3) is 0.385. The highest BCUT2D eigenvalue weighted by molar-refractivity contribution is 6.30. The van der Waals surface area contributed by atoms with Gasteiger partial charge in [-0.2, -0.15) is 5.10 Å². The molecule has 6 rings (SSSR count). The summed E-state index contributed by atoms with van der Waals surface area (Å²) in [4.78, 5) is 13.2. The van der Waals surface area contributed by atoms with E-state index in [0.717, 1.165) is 30.6 Å². The molecule has 0 unspecified atom stereocenters. The van der Waals surface area contributed by atoms with Gasteiger partial charge in [0.15, 0.2) is 0 Å². The maximum Gasteiger partial charge on any atom is 0.134 e. The normalized spacial score (nSPS) is 15.2. The van der Waals surface area contributed by atoms with Gasteiger partial charge in [0.25, 0.3) is 0 Å². The van der Waals surface area contributed by atoms with Crippen LogP contribution in [-0.2, 0) is 4.74 Å². The highest BCUT2D eigenvalue weighted by atomic mass is 35.5. The van der Waals surface area contributed by atoms with E-state index in [9.17, 15) is 4.39 Å². The Hall–Kier alpha value is -2.90. The third-order valence-corrected chi connectivity index (χ3v) is 5.94. The van der Waals surface area contributed by atoms with Crippen LogP contribution in [0.1, 0.15) is 49.5 Å². The highest BCUT2D eigenvalue weighted by Crippen LogP contribution is 2.33. The Balaban J connectivity index is 0.000000158. The molecule has 1 aliphatic heterocycles. The number of pyridine rings is 1. The molecule has 1 saturated carbocycles. The van der Waals surface area contributed by atoms with Crippen molar-refractivity contribution < 1.29 is 9.13 Å². The minimum absolute atomic E-state index is 0.351. The van der Waals surface area contributed by atoms with E-state index in [1.807, 2.05) is 37.0 Å². The van der Waals surface area contributed by atoms with E-state index in [0.29, 0.717) is 27.3 Å². The summed E-state index contributed by atoms with van der Waals surface area (Å²) in [7, 11) is 0. The fourth-order valence-electron chi connectivity index (χ4n) is 3.56. The van der Waals surface area contributed by atoms with Gasteiger partial charge < -0.3 is 4.74 Å². The molecule has 0 radical (unpaired) electrons. The molecule has 8 heteroatoms. The highest BCUT2D eigenvalue weighted by Gasteiger charge is 2.22. The Morgan fingerprint density at radius 1 is 1.00 bits per heavy atom. The quantitative estimate of drug-likeness (QED) is 0.326. The average Bonchev–Trinajstić information content (AvgIpc) is 3.55. The molecular weight excluding hydrogens is 453 g/mol. The van der Waals surface area contributed by atoms with E-state index in [-0.39, 0.29) is 0 Å². The summed E-state index contributed by atoms with van der Waals surface area (Å²) in [5.41, 5.74) is 3.81. The first-order chi connectivity index (χ1) is 16.5. The number of nitrogens with zero attached hydrogens (tertiary/aromatic N) is 5. The summed E-state index contributed by atoms with van der Waals surface area (Å²) >= 11 is 5.78. The number of rotatable bonds is 2. The van der Waals surface area contributed by atoms with Crippen molar-refractivity contribution in [1.29, 1.82) is 0 Å². The minimum atomic E-state index is -0.419. The maximum absolute atomic E-state index is 14.1. The zero-order valence-corrected chi connectivity index (χ0v) is 20.3. The van der Waals surface area contributed by atoms with Crippen LogP contribution in [0.15, 0.2) is 48.9 Å². The number of hydrogen-bond acceptors (Lipinski definition) is 5. The molecule has 1 aromatic carbocycles. The Morgan fingerprint density at radius 3 is 2.35 bits per heavy atom. The van der Waals surface area contributed by atoms with Crippen molar-refractivity contribution in [3.8, 4) is 11.3 Å². The molecular formula is C26H29ClFN5O. The Morgan fingerprint density at radius 2 is 1.76 bits per heavy atom. The van der Waals surface area contributed by atoms with Crippen molar-refractivity contribution >= 4 is 22.6 Å². The Labute approximate surface area is 204 Å². The smallest absolute Gasteiger partial charge is 0.134 e. The van der Waals surface area contributed by atoms with Gasteiger partial charge >= 0.3 is 0 Å². The SMILES string of the molecule is C1CCOCC1.Cc1nc2ccnc(-c3ccc(Cl)cc3F)c2nc1C.c1cnn(C2CC2)c1. The van der Waals surface area contributed by atoms with Crippen LogP contribution in [0.4, 0.5) is 4.39 Å². The molecule has 0 bridgehead atoms. The van der Waals surface area contributed by atoms with Gasteiger partial charge in [0.1, 0.15) is 17.0 Å². The molecule has 6 nitrogen and oxygen atoms in total. The van der Waals surface area contributed by atoms with Crippen LogP contribution in [0.2, 0.25) is 5.02 Å². The zero-order valence-electron chi connectivity index (χ0n) is 19.5. The lowest BCUT2D eigenvalue weighted by atomic mass is 10.1. The number of ether oxygens (including phenoxy) is 1. The molecule has 3 aromatic heterocycles. The molecule has 0 N–H and O–H groups in total. The first-order valence-electron chi connectivity index (χ1n) is 11.6. The summed E-state index contributed by atoms with van der Waals surface area (Å²) in [6.07, 6.45) is 12.0. The predicted molar refractivity (Wildman–Crippen MR) is 132 cm³/mol. The molecule has 0 amide bonds. The van der Waals surface area contributed by atoms with Crippen molar-refractivity contribution in [1.82, 2.24) is 24.7 Å². The number of hydrogen-bond donors (Lipinski definition) is 0. The van der Waals surface area contributed by atoms with Crippen LogP contribution in [0.5, 0.6) is 0 Å². The van der Waals surface area contributed by atoms with E-state index in [2.05, 4.69) is 20.1 Å². The Bertz CT molecular complexity index is 1210. The van der Waals surface area contributed by atoms with Gasteiger partial charge in [-0.1, -0.05) is 11.6 Å². The molecule has 178 valence electrons. The third kappa shape index (κ3) is 6.36. The molecule has 4 aromatic rings. The largest absolute Gasteiger partial charge is 0.381 e. The van der Waals surface area contributed by atoms with Crippen LogP contribution in [-0.4, -0.2) is 37.9 Å². The minimum Gasteiger partial charge on any atom is -0.381 e. The molecule has 4 heterocycles. The van der Waals surface area contributed by atoms with Crippen molar-refractivity contribution in [3.63, 3.8) is 0 Å². The second-order valence-corrected chi connectivity index (χ2v) is 8.87. The van der Waals surface area contributed by atoms with Crippen molar-refractivity contribution in [2.45, 2.75) is 52.0 Å². The summed E-state index contributed by atoms with van der Waals surface area (Å²) in [5.74, 6) is -0.419. The monoisotopic (exact) mass is 481 g/mol. The molecule has 0 spiro atoms. The van der Waals surface area contributed by atoms with Gasteiger partial charge in [-0.3, -0.25) is 9.67 Å². The molecule has 2 aliphatic rings. The number of aryl methyl sites for hydroxylation is 2. The van der Waals surface area contributed by atoms with Gasteiger partial charge in [-0.25, -0.2) is 14.4 Å². The molecule has 0 atom stereocenters. The summed E-state index contributed by atoms with van der Waals surface area (Å²) in [6, 6.07) is 8.99. The van der Waals surface area contributed by atoms with Gasteiger partial charge in [0, 0.05) is 42.4 Å². The van der Waals surface area contributed by atoms with Crippen molar-refractivity contribution in [3.05, 3.63) is 71.2 Å². The molecule has 1 saturated heterocycles. The maximum atomic E-state index is 14.1. The van der Waals surface area contributed by atoms with E-state index < -0.39 is 5.82 Å². The number of halogens is 2. The second-order valence-electron chi connectivity index (χ2n) is 8.44. The zero-order chi connectivity index (χ0) is 23.9. The van der Waals surface area contributed by atoms with Gasteiger partial charge in [0.2, 0.25) is 0 Å². The summed E-state index contributed by atoms with van der Waals surface area (Å²) in [5, 5.41) is 4.45.